The van der Waals surface area contributed by atoms with Crippen molar-refractivity contribution in [1.29, 1.82) is 0 Å². The summed E-state index contributed by atoms with van der Waals surface area (Å²) in [6.07, 6.45) is 44.5. The molecule has 0 saturated carbocycles. The highest BCUT2D eigenvalue weighted by molar-refractivity contribution is 7.47. The fraction of sp³-hybridized carbons (Fsp3) is 0.943. The second-order valence-corrected chi connectivity index (χ2v) is 29.1. The Kier molecular flexibility index (Phi) is 59.6. The fourth-order valence-corrected chi connectivity index (χ4v) is 12.1. The lowest BCUT2D eigenvalue weighted by atomic mass is 9.99. The molecule has 0 heterocycles. The van der Waals surface area contributed by atoms with E-state index >= 15 is 0 Å². The monoisotopic (exact) mass is 1310 g/mol. The van der Waals surface area contributed by atoms with Gasteiger partial charge in [-0.3, -0.25) is 37.3 Å². The molecule has 0 fully saturated rings. The minimum atomic E-state index is -4.95. The van der Waals surface area contributed by atoms with Crippen LogP contribution in [0.4, 0.5) is 0 Å². The molecule has 0 aromatic rings. The largest absolute Gasteiger partial charge is 0.472 e. The van der Waals surface area contributed by atoms with Crippen LogP contribution in [-0.4, -0.2) is 96.7 Å². The number of hydrogen-bond acceptors (Lipinski definition) is 15. The van der Waals surface area contributed by atoms with E-state index in [4.69, 9.17) is 37.0 Å². The molecule has 17 nitrogen and oxygen atoms in total. The van der Waals surface area contributed by atoms with Crippen LogP contribution >= 0.6 is 15.6 Å². The highest BCUT2D eigenvalue weighted by atomic mass is 31.2. The van der Waals surface area contributed by atoms with E-state index in [9.17, 15) is 43.2 Å². The number of phosphoric ester groups is 2. The number of rotatable bonds is 68. The van der Waals surface area contributed by atoms with Gasteiger partial charge in [0.25, 0.3) is 0 Å². The third kappa shape index (κ3) is 62.0. The van der Waals surface area contributed by atoms with Crippen molar-refractivity contribution < 1.29 is 80.2 Å². The smallest absolute Gasteiger partial charge is 0.462 e. The predicted octanol–water partition coefficient (Wildman–Crippen LogP) is 19.8. The van der Waals surface area contributed by atoms with E-state index in [1.807, 2.05) is 0 Å². The fourth-order valence-electron chi connectivity index (χ4n) is 10.5. The van der Waals surface area contributed by atoms with E-state index in [0.29, 0.717) is 31.6 Å². The van der Waals surface area contributed by atoms with E-state index in [-0.39, 0.29) is 25.7 Å². The zero-order valence-corrected chi connectivity index (χ0v) is 59.7. The number of unbranched alkanes of at least 4 members (excludes halogenated alkanes) is 34. The molecule has 0 aliphatic rings. The Labute approximate surface area is 543 Å². The molecule has 7 atom stereocenters. The van der Waals surface area contributed by atoms with Crippen molar-refractivity contribution in [3.63, 3.8) is 0 Å². The van der Waals surface area contributed by atoms with E-state index < -0.39 is 97.5 Å². The molecule has 3 N–H and O–H groups in total. The average Bonchev–Trinajstić information content (AvgIpc) is 3.60. The van der Waals surface area contributed by atoms with Gasteiger partial charge in [-0.1, -0.05) is 299 Å². The maximum absolute atomic E-state index is 13.0. The van der Waals surface area contributed by atoms with Crippen LogP contribution in [0.1, 0.15) is 350 Å². The summed E-state index contributed by atoms with van der Waals surface area (Å²) in [5, 5.41) is 10.6. The summed E-state index contributed by atoms with van der Waals surface area (Å²) < 4.78 is 68.2. The number of ether oxygens (including phenoxy) is 4. The number of aliphatic hydroxyl groups excluding tert-OH is 1. The van der Waals surface area contributed by atoms with Crippen LogP contribution in [0.5, 0.6) is 0 Å². The van der Waals surface area contributed by atoms with Gasteiger partial charge in [0, 0.05) is 25.7 Å². The van der Waals surface area contributed by atoms with Crippen molar-refractivity contribution in [2.24, 2.45) is 17.8 Å². The van der Waals surface area contributed by atoms with Gasteiger partial charge in [0.15, 0.2) is 12.2 Å². The van der Waals surface area contributed by atoms with Crippen molar-refractivity contribution in [2.75, 3.05) is 39.6 Å². The van der Waals surface area contributed by atoms with Crippen molar-refractivity contribution in [3.8, 4) is 0 Å². The van der Waals surface area contributed by atoms with E-state index in [1.54, 1.807) is 0 Å². The summed E-state index contributed by atoms with van der Waals surface area (Å²) in [7, 11) is -9.90. The quantitative estimate of drug-likeness (QED) is 0.0222. The first-order chi connectivity index (χ1) is 42.8. The molecule has 0 aromatic heterocycles. The first-order valence-corrected chi connectivity index (χ1v) is 39.4. The third-order valence-electron chi connectivity index (χ3n) is 16.9. The van der Waals surface area contributed by atoms with Crippen molar-refractivity contribution in [2.45, 2.75) is 369 Å². The summed E-state index contributed by atoms with van der Waals surface area (Å²) in [4.78, 5) is 72.5. The molecule has 528 valence electrons. The van der Waals surface area contributed by atoms with E-state index in [1.165, 1.54) is 154 Å². The molecule has 4 unspecified atom stereocenters. The topological polar surface area (TPSA) is 237 Å². The molecular weight excluding hydrogens is 1170 g/mol. The summed E-state index contributed by atoms with van der Waals surface area (Å²) in [5.74, 6) is 0.174. The van der Waals surface area contributed by atoms with Crippen molar-refractivity contribution in [1.82, 2.24) is 0 Å². The summed E-state index contributed by atoms with van der Waals surface area (Å²) >= 11 is 0. The maximum atomic E-state index is 13.0. The number of esters is 4. The first kappa shape index (κ1) is 87.1. The minimum Gasteiger partial charge on any atom is -0.462 e. The number of carbonyl (C=O) groups is 4. The SMILES string of the molecule is CCCCCCCCCCCCC(=O)O[C@H](COC(=O)CCCCCCCCC(C)C)COP(=O)(O)OC[C@H](O)COP(=O)(O)OC[C@@H](COC(=O)CCCCCCCCCCC(C)CC)OC(=O)CCCCCCCCCCCCCCCCC(C)CC. The summed E-state index contributed by atoms with van der Waals surface area (Å²) in [6.45, 7) is 11.8. The van der Waals surface area contributed by atoms with E-state index in [2.05, 4.69) is 48.5 Å². The second kappa shape index (κ2) is 61.0. The predicted molar refractivity (Wildman–Crippen MR) is 358 cm³/mol. The number of hydrogen-bond donors (Lipinski definition) is 3. The highest BCUT2D eigenvalue weighted by Crippen LogP contribution is 2.45. The van der Waals surface area contributed by atoms with Gasteiger partial charge in [-0.25, -0.2) is 9.13 Å². The van der Waals surface area contributed by atoms with Crippen LogP contribution in [0.25, 0.3) is 0 Å². The standard InChI is InChI=1S/C70H136O17P2/c1-8-11-12-13-14-15-23-30-39-46-53-69(74)87-66(58-81-68(73)52-45-38-33-32-34-41-48-61(4)5)60-85-89(78,79)83-56-64(71)55-82-88(76,77)84-59-65(57-80-67(72)51-44-37-29-26-25-28-36-43-50-63(7)10-3)86-70(75)54-47-40-31-24-21-19-17-16-18-20-22-27-35-42-49-62(6)9-2/h61-66,71H,8-60H2,1-7H3,(H,76,77)(H,78,79)/t62?,63?,64-,65-,66-/m1/s1. The number of aliphatic hydroxyl groups is 1. The molecule has 0 spiro atoms. The maximum Gasteiger partial charge on any atom is 0.472 e. The lowest BCUT2D eigenvalue weighted by molar-refractivity contribution is -0.161. The molecule has 0 bridgehead atoms. The summed E-state index contributed by atoms with van der Waals surface area (Å²) in [6, 6.07) is 0. The molecule has 0 rings (SSSR count). The zero-order valence-electron chi connectivity index (χ0n) is 57.9. The van der Waals surface area contributed by atoms with Crippen LogP contribution < -0.4 is 0 Å². The molecule has 0 aromatic carbocycles. The van der Waals surface area contributed by atoms with E-state index in [0.717, 1.165) is 108 Å². The first-order valence-electron chi connectivity index (χ1n) is 36.4. The van der Waals surface area contributed by atoms with Crippen LogP contribution in [0, 0.1) is 17.8 Å². The van der Waals surface area contributed by atoms with Crippen LogP contribution in [0.15, 0.2) is 0 Å². The van der Waals surface area contributed by atoms with Gasteiger partial charge in [-0.2, -0.15) is 0 Å². The Morgan fingerprint density at radius 3 is 0.854 bits per heavy atom. The zero-order chi connectivity index (χ0) is 65.9. The highest BCUT2D eigenvalue weighted by Gasteiger charge is 2.30. The minimum absolute atomic E-state index is 0.105. The normalized spacial score (nSPS) is 14.8. The van der Waals surface area contributed by atoms with Gasteiger partial charge in [0.1, 0.15) is 19.3 Å². The molecule has 0 aliphatic carbocycles. The van der Waals surface area contributed by atoms with Crippen LogP contribution in [-0.2, 0) is 65.4 Å². The average molecular weight is 1310 g/mol. The molecule has 0 saturated heterocycles. The van der Waals surface area contributed by atoms with Gasteiger partial charge in [0.2, 0.25) is 0 Å². The van der Waals surface area contributed by atoms with Gasteiger partial charge in [-0.15, -0.1) is 0 Å². The molecule has 0 radical (unpaired) electrons. The Morgan fingerprint density at radius 2 is 0.573 bits per heavy atom. The Morgan fingerprint density at radius 1 is 0.326 bits per heavy atom. The van der Waals surface area contributed by atoms with Crippen LogP contribution in [0.2, 0.25) is 0 Å². The lowest BCUT2D eigenvalue weighted by Gasteiger charge is -2.21. The van der Waals surface area contributed by atoms with Gasteiger partial charge in [-0.05, 0) is 43.4 Å². The molecule has 19 heteroatoms. The third-order valence-corrected chi connectivity index (χ3v) is 18.8. The molecule has 89 heavy (non-hydrogen) atoms. The Bertz CT molecular complexity index is 1750. The van der Waals surface area contributed by atoms with Gasteiger partial charge in [0.05, 0.1) is 26.4 Å². The van der Waals surface area contributed by atoms with Crippen molar-refractivity contribution >= 4 is 39.5 Å². The van der Waals surface area contributed by atoms with Gasteiger partial charge < -0.3 is 33.8 Å². The Hall–Kier alpha value is -1.94. The number of phosphoric acid groups is 2. The number of carbonyl (C=O) groups excluding carboxylic acids is 4. The molecule has 0 aliphatic heterocycles. The van der Waals surface area contributed by atoms with Gasteiger partial charge >= 0.3 is 39.5 Å². The molecule has 0 amide bonds. The second-order valence-electron chi connectivity index (χ2n) is 26.2. The summed E-state index contributed by atoms with van der Waals surface area (Å²) in [5.41, 5.74) is 0. The van der Waals surface area contributed by atoms with Crippen LogP contribution in [0.3, 0.4) is 0 Å². The Balaban J connectivity index is 5.22. The van der Waals surface area contributed by atoms with Crippen molar-refractivity contribution in [3.05, 3.63) is 0 Å². The molecular formula is C70H136O17P2. The lowest BCUT2D eigenvalue weighted by Crippen LogP contribution is -2.30.